The maximum atomic E-state index is 13.2. The lowest BCUT2D eigenvalue weighted by molar-refractivity contribution is -0.148. The summed E-state index contributed by atoms with van der Waals surface area (Å²) in [6, 6.07) is 9.74. The third-order valence-electron chi connectivity index (χ3n) is 7.56. The molecule has 0 radical (unpaired) electrons. The summed E-state index contributed by atoms with van der Waals surface area (Å²) in [6.45, 7) is 3.44. The van der Waals surface area contributed by atoms with Crippen molar-refractivity contribution in [3.63, 3.8) is 0 Å². The molecule has 1 saturated heterocycles. The van der Waals surface area contributed by atoms with Gasteiger partial charge in [0.2, 0.25) is 5.91 Å². The monoisotopic (exact) mass is 678 g/mol. The molecule has 47 heavy (non-hydrogen) atoms. The number of benzene rings is 1. The van der Waals surface area contributed by atoms with Crippen LogP contribution in [0, 0.1) is 0 Å². The summed E-state index contributed by atoms with van der Waals surface area (Å²) in [7, 11) is -4.18. The van der Waals surface area contributed by atoms with Gasteiger partial charge in [-0.3, -0.25) is 18.7 Å². The fourth-order valence-corrected chi connectivity index (χ4v) is 5.99. The number of unbranched alkanes of at least 4 members (excludes halogenated alkanes) is 12. The highest BCUT2D eigenvalue weighted by Crippen LogP contribution is 2.44. The number of ether oxygens (including phenoxy) is 2. The van der Waals surface area contributed by atoms with Crippen LogP contribution in [0.25, 0.3) is 0 Å². The molecule has 1 aliphatic heterocycles. The number of hydrogen-bond acceptors (Lipinski definition) is 10. The van der Waals surface area contributed by atoms with Crippen molar-refractivity contribution in [1.82, 2.24) is 14.8 Å². The van der Waals surface area contributed by atoms with Crippen LogP contribution in [0.4, 0.5) is 5.82 Å². The molecule has 1 aromatic carbocycles. The van der Waals surface area contributed by atoms with E-state index in [4.69, 9.17) is 23.4 Å². The minimum atomic E-state index is -4.18. The average Bonchev–Trinajstić information content (AvgIpc) is 3.54. The smallest absolute Gasteiger partial charge is 0.411 e. The van der Waals surface area contributed by atoms with Crippen LogP contribution in [-0.4, -0.2) is 40.9 Å². The molecule has 2 heterocycles. The fraction of sp³-hybridized carbons (Fsp3) is 0.636. The van der Waals surface area contributed by atoms with Crippen molar-refractivity contribution >= 4 is 25.4 Å². The zero-order valence-corrected chi connectivity index (χ0v) is 28.6. The molecule has 3 atom stereocenters. The lowest BCUT2D eigenvalue weighted by Gasteiger charge is -2.20. The normalized spacial score (nSPS) is 17.2. The molecule has 3 rings (SSSR count). The number of carbonyl (C=O) groups excluding carboxylic acids is 2. The summed E-state index contributed by atoms with van der Waals surface area (Å²) in [5, 5.41) is 4.77. The highest BCUT2D eigenvalue weighted by atomic mass is 31.2. The SMILES string of the molecule is CCCCCCCCCCCCCCCC(=O)Nc1ccn([C@@H]2CO[C@H](COP(=O)(NOC(=O)CC)Oc3ccccc3)O2)c(=O)n1. The molecule has 1 aromatic heterocycles. The standard InChI is InChI=1S/C33H51N4O9P/c1-3-5-6-7-8-9-10-11-12-13-14-15-19-22-29(38)34-28-23-24-37(33(40)35-28)30-25-42-32(44-30)26-43-47(41,36-45-31(39)4-2)46-27-20-17-16-18-21-27/h16-18,20-21,23-24,30,32H,3-15,19,22,25-26H2,1-2H3,(H,36,41)(H,34,35,38,40)/t30-,32-,47?/m0/s1. The van der Waals surface area contributed by atoms with E-state index in [2.05, 4.69) is 22.5 Å². The number of para-hydroxylation sites is 1. The van der Waals surface area contributed by atoms with E-state index in [1.54, 1.807) is 37.3 Å². The Morgan fingerprint density at radius 3 is 2.19 bits per heavy atom. The lowest BCUT2D eigenvalue weighted by atomic mass is 10.0. The molecule has 2 N–H and O–H groups in total. The predicted molar refractivity (Wildman–Crippen MR) is 177 cm³/mol. The number of nitrogens with zero attached hydrogens (tertiary/aromatic N) is 2. The van der Waals surface area contributed by atoms with Gasteiger partial charge in [0.15, 0.2) is 12.5 Å². The Kier molecular flexibility index (Phi) is 17.7. The first-order valence-electron chi connectivity index (χ1n) is 16.9. The van der Waals surface area contributed by atoms with E-state index in [1.807, 2.05) is 0 Å². The zero-order valence-electron chi connectivity index (χ0n) is 27.7. The highest BCUT2D eigenvalue weighted by molar-refractivity contribution is 7.51. The van der Waals surface area contributed by atoms with E-state index in [0.717, 1.165) is 19.3 Å². The molecule has 1 unspecified atom stereocenters. The number of nitrogens with one attached hydrogen (secondary N) is 2. The van der Waals surface area contributed by atoms with Crippen molar-refractivity contribution in [2.45, 2.75) is 123 Å². The number of anilines is 1. The second-order valence-electron chi connectivity index (χ2n) is 11.5. The lowest BCUT2D eigenvalue weighted by Crippen LogP contribution is -2.29. The molecule has 1 amide bonds. The molecule has 262 valence electrons. The van der Waals surface area contributed by atoms with Gasteiger partial charge in [-0.05, 0) is 29.9 Å². The van der Waals surface area contributed by atoms with Crippen molar-refractivity contribution in [1.29, 1.82) is 0 Å². The average molecular weight is 679 g/mol. The van der Waals surface area contributed by atoms with Crippen molar-refractivity contribution in [3.05, 3.63) is 53.1 Å². The Labute approximate surface area is 277 Å². The largest absolute Gasteiger partial charge is 0.491 e. The topological polar surface area (TPSA) is 156 Å². The van der Waals surface area contributed by atoms with E-state index < -0.39 is 31.9 Å². The van der Waals surface area contributed by atoms with Gasteiger partial charge in [-0.2, -0.15) is 4.98 Å². The number of hydrogen-bond donors (Lipinski definition) is 2. The summed E-state index contributed by atoms with van der Waals surface area (Å²) >= 11 is 0. The van der Waals surface area contributed by atoms with E-state index in [-0.39, 0.29) is 37.1 Å². The number of rotatable bonds is 24. The first kappa shape index (κ1) is 38.4. The van der Waals surface area contributed by atoms with E-state index in [0.29, 0.717) is 6.42 Å². The van der Waals surface area contributed by atoms with Crippen LogP contribution < -0.4 is 20.8 Å². The van der Waals surface area contributed by atoms with Crippen LogP contribution >= 0.6 is 7.75 Å². The molecular weight excluding hydrogens is 627 g/mol. The molecule has 0 bridgehead atoms. The Hall–Kier alpha value is -3.09. The molecule has 0 saturated carbocycles. The third kappa shape index (κ3) is 15.1. The Bertz CT molecular complexity index is 1310. The van der Waals surface area contributed by atoms with Gasteiger partial charge < -0.3 is 24.2 Å². The van der Waals surface area contributed by atoms with Crippen molar-refractivity contribution < 1.29 is 37.5 Å². The van der Waals surface area contributed by atoms with Crippen LogP contribution in [0.1, 0.15) is 116 Å². The third-order valence-corrected chi connectivity index (χ3v) is 8.81. The Morgan fingerprint density at radius 1 is 0.936 bits per heavy atom. The predicted octanol–water partition coefficient (Wildman–Crippen LogP) is 7.20. The first-order valence-corrected chi connectivity index (χ1v) is 18.5. The van der Waals surface area contributed by atoms with Crippen molar-refractivity contribution in [2.24, 2.45) is 0 Å². The van der Waals surface area contributed by atoms with Gasteiger partial charge in [-0.1, -0.05) is 109 Å². The Morgan fingerprint density at radius 2 is 1.57 bits per heavy atom. The molecule has 14 heteroatoms. The number of aromatic nitrogens is 2. The van der Waals surface area contributed by atoms with Crippen molar-refractivity contribution in [3.8, 4) is 5.75 Å². The van der Waals surface area contributed by atoms with Gasteiger partial charge in [0.05, 0.1) is 6.61 Å². The van der Waals surface area contributed by atoms with Crippen LogP contribution in [0.15, 0.2) is 47.4 Å². The van der Waals surface area contributed by atoms with E-state index in [9.17, 15) is 18.9 Å². The second kappa shape index (κ2) is 21.7. The maximum Gasteiger partial charge on any atom is 0.491 e. The summed E-state index contributed by atoms with van der Waals surface area (Å²) < 4.78 is 36.6. The van der Waals surface area contributed by atoms with Gasteiger partial charge in [-0.15, -0.1) is 0 Å². The minimum absolute atomic E-state index is 0.0114. The van der Waals surface area contributed by atoms with Crippen LogP contribution in [0.5, 0.6) is 5.75 Å². The van der Waals surface area contributed by atoms with Crippen LogP contribution in [0.2, 0.25) is 0 Å². The van der Waals surface area contributed by atoms with Gasteiger partial charge >= 0.3 is 19.4 Å². The van der Waals surface area contributed by atoms with Gasteiger partial charge in [0, 0.05) is 19.0 Å². The maximum absolute atomic E-state index is 13.2. The van der Waals surface area contributed by atoms with Crippen LogP contribution in [-0.2, 0) is 33.0 Å². The molecule has 13 nitrogen and oxygen atoms in total. The Balaban J connectivity index is 1.35. The second-order valence-corrected chi connectivity index (χ2v) is 13.1. The molecule has 2 aromatic rings. The van der Waals surface area contributed by atoms with E-state index in [1.165, 1.54) is 81.0 Å². The number of amides is 1. The summed E-state index contributed by atoms with van der Waals surface area (Å²) in [5.41, 5.74) is -0.634. The number of carbonyl (C=O) groups is 2. The molecule has 1 fully saturated rings. The molecule has 0 spiro atoms. The highest BCUT2D eigenvalue weighted by Gasteiger charge is 2.34. The van der Waals surface area contributed by atoms with Crippen LogP contribution in [0.3, 0.4) is 0 Å². The fourth-order valence-electron chi connectivity index (χ4n) is 4.92. The van der Waals surface area contributed by atoms with E-state index >= 15 is 0 Å². The molecular formula is C33H51N4O9P. The zero-order chi connectivity index (χ0) is 33.7. The summed E-state index contributed by atoms with van der Waals surface area (Å²) in [5.74, 6) is -0.464. The quantitative estimate of drug-likeness (QED) is 0.0658. The molecule has 0 aliphatic carbocycles. The van der Waals surface area contributed by atoms with Gasteiger partial charge in [-0.25, -0.2) is 9.36 Å². The first-order chi connectivity index (χ1) is 22.8. The minimum Gasteiger partial charge on any atom is -0.411 e. The van der Waals surface area contributed by atoms with Gasteiger partial charge in [0.25, 0.3) is 0 Å². The molecule has 1 aliphatic rings. The summed E-state index contributed by atoms with van der Waals surface area (Å²) in [6.07, 6.45) is 16.1. The summed E-state index contributed by atoms with van der Waals surface area (Å²) in [4.78, 5) is 45.5. The van der Waals surface area contributed by atoms with Gasteiger partial charge in [0.1, 0.15) is 18.2 Å². The van der Waals surface area contributed by atoms with Crippen molar-refractivity contribution in [2.75, 3.05) is 18.5 Å².